The number of aliphatic carboxylic acids is 1. The molecule has 0 aliphatic rings. The Labute approximate surface area is 176 Å². The lowest BCUT2D eigenvalue weighted by atomic mass is 10.1. The lowest BCUT2D eigenvalue weighted by molar-refractivity contribution is -0.136. The highest BCUT2D eigenvalue weighted by atomic mass is 16.5. The number of hydrogen-bond acceptors (Lipinski definition) is 6. The summed E-state index contributed by atoms with van der Waals surface area (Å²) in [5, 5.41) is 27.6. The van der Waals surface area contributed by atoms with Crippen molar-refractivity contribution in [2.75, 3.05) is 12.4 Å². The Morgan fingerprint density at radius 3 is 2.07 bits per heavy atom. The molecular formula is C22H26N2O6. The number of phenolic OH excluding ortho intramolecular Hbond substituents is 1. The molecule has 0 radical (unpaired) electrons. The third kappa shape index (κ3) is 14.0. The fourth-order valence-corrected chi connectivity index (χ4v) is 1.37. The molecule has 0 bridgehead atoms. The van der Waals surface area contributed by atoms with Gasteiger partial charge in [0.25, 0.3) is 5.91 Å². The largest absolute Gasteiger partial charge is 0.508 e. The second kappa shape index (κ2) is 15.9. The van der Waals surface area contributed by atoms with E-state index in [0.29, 0.717) is 11.3 Å². The number of nitriles is 1. The van der Waals surface area contributed by atoms with Crippen molar-refractivity contribution in [3.05, 3.63) is 72.9 Å². The van der Waals surface area contributed by atoms with Crippen LogP contribution in [0.2, 0.25) is 0 Å². The molecule has 3 N–H and O–H groups in total. The van der Waals surface area contributed by atoms with E-state index in [0.717, 1.165) is 0 Å². The number of allylic oxidation sites excluding steroid dienone is 2. The topological polar surface area (TPSA) is 137 Å². The van der Waals surface area contributed by atoms with Crippen molar-refractivity contribution >= 4 is 23.5 Å². The predicted octanol–water partition coefficient (Wildman–Crippen LogP) is 3.74. The van der Waals surface area contributed by atoms with Crippen LogP contribution in [0.3, 0.4) is 0 Å². The maximum absolute atomic E-state index is 11.1. The Morgan fingerprint density at radius 1 is 1.20 bits per heavy atom. The number of nitrogens with one attached hydrogen (secondary N) is 1. The minimum atomic E-state index is -1.00. The first-order valence-electron chi connectivity index (χ1n) is 8.42. The van der Waals surface area contributed by atoms with Crippen LogP contribution in [-0.4, -0.2) is 35.2 Å². The molecule has 160 valence electrons. The maximum Gasteiger partial charge on any atom is 0.333 e. The summed E-state index contributed by atoms with van der Waals surface area (Å²) in [6.45, 7) is 13.2. The number of carbonyl (C=O) groups is 3. The van der Waals surface area contributed by atoms with Gasteiger partial charge in [0.05, 0.1) is 13.2 Å². The number of phenols is 1. The van der Waals surface area contributed by atoms with E-state index in [9.17, 15) is 14.4 Å². The zero-order chi connectivity index (χ0) is 23.7. The van der Waals surface area contributed by atoms with Crippen LogP contribution in [0.4, 0.5) is 5.69 Å². The smallest absolute Gasteiger partial charge is 0.333 e. The summed E-state index contributed by atoms with van der Waals surface area (Å²) in [6, 6.07) is 7.95. The van der Waals surface area contributed by atoms with Crippen molar-refractivity contribution in [3.63, 3.8) is 0 Å². The normalized spacial score (nSPS) is 9.20. The van der Waals surface area contributed by atoms with Crippen LogP contribution in [0, 0.1) is 11.3 Å². The average molecular weight is 414 g/mol. The number of aromatic hydroxyl groups is 1. The van der Waals surface area contributed by atoms with Gasteiger partial charge in [0, 0.05) is 28.5 Å². The van der Waals surface area contributed by atoms with Gasteiger partial charge in [-0.3, -0.25) is 4.79 Å². The Kier molecular flexibility index (Phi) is 14.9. The number of benzene rings is 1. The first-order valence-corrected chi connectivity index (χ1v) is 8.42. The number of methoxy groups -OCH3 is 1. The van der Waals surface area contributed by atoms with Gasteiger partial charge in [0.15, 0.2) is 0 Å². The lowest BCUT2D eigenvalue weighted by Gasteiger charge is -2.03. The molecule has 1 aromatic rings. The van der Waals surface area contributed by atoms with Crippen molar-refractivity contribution in [2.24, 2.45) is 0 Å². The summed E-state index contributed by atoms with van der Waals surface area (Å²) in [6.07, 6.45) is 2.80. The third-order valence-corrected chi connectivity index (χ3v) is 3.07. The van der Waals surface area contributed by atoms with E-state index in [2.05, 4.69) is 29.8 Å². The maximum atomic E-state index is 11.1. The molecule has 0 fully saturated rings. The SMILES string of the molecule is C=C(C)C(=O)Nc1ccc(O)cc1.C=C(CC=C(C)C(=O)O)C(=O)OC.C=CC#N. The van der Waals surface area contributed by atoms with Gasteiger partial charge in [-0.2, -0.15) is 5.26 Å². The van der Waals surface area contributed by atoms with E-state index in [1.54, 1.807) is 25.1 Å². The lowest BCUT2D eigenvalue weighted by Crippen LogP contribution is -2.11. The first kappa shape index (κ1) is 28.1. The van der Waals surface area contributed by atoms with Gasteiger partial charge < -0.3 is 20.3 Å². The number of amides is 1. The molecule has 0 saturated heterocycles. The molecule has 0 aliphatic heterocycles. The summed E-state index contributed by atoms with van der Waals surface area (Å²) >= 11 is 0. The van der Waals surface area contributed by atoms with Gasteiger partial charge in [-0.15, -0.1) is 0 Å². The molecule has 8 heteroatoms. The van der Waals surface area contributed by atoms with Crippen LogP contribution in [0.1, 0.15) is 20.3 Å². The fourth-order valence-electron chi connectivity index (χ4n) is 1.37. The average Bonchev–Trinajstić information content (AvgIpc) is 2.73. The van der Waals surface area contributed by atoms with E-state index in [-0.39, 0.29) is 29.2 Å². The molecule has 1 aromatic carbocycles. The summed E-state index contributed by atoms with van der Waals surface area (Å²) in [5.74, 6) is -1.56. The van der Waals surface area contributed by atoms with Crippen LogP contribution in [-0.2, 0) is 19.1 Å². The van der Waals surface area contributed by atoms with Crippen LogP contribution >= 0.6 is 0 Å². The first-order chi connectivity index (χ1) is 14.0. The number of hydrogen-bond donors (Lipinski definition) is 3. The molecule has 0 saturated carbocycles. The summed E-state index contributed by atoms with van der Waals surface area (Å²) in [5.41, 5.74) is 1.52. The van der Waals surface area contributed by atoms with Crippen molar-refractivity contribution in [2.45, 2.75) is 20.3 Å². The van der Waals surface area contributed by atoms with Crippen molar-refractivity contribution < 1.29 is 29.3 Å². The molecule has 1 amide bonds. The van der Waals surface area contributed by atoms with Gasteiger partial charge in [0.1, 0.15) is 5.75 Å². The highest BCUT2D eigenvalue weighted by molar-refractivity contribution is 6.02. The van der Waals surface area contributed by atoms with Gasteiger partial charge >= 0.3 is 11.9 Å². The van der Waals surface area contributed by atoms with Crippen molar-refractivity contribution in [3.8, 4) is 11.8 Å². The van der Waals surface area contributed by atoms with Crippen LogP contribution in [0.15, 0.2) is 72.9 Å². The molecule has 0 heterocycles. The predicted molar refractivity (Wildman–Crippen MR) is 115 cm³/mol. The Bertz CT molecular complexity index is 845. The van der Waals surface area contributed by atoms with E-state index >= 15 is 0 Å². The minimum Gasteiger partial charge on any atom is -0.508 e. The number of nitrogens with zero attached hydrogens (tertiary/aromatic N) is 1. The van der Waals surface area contributed by atoms with Crippen LogP contribution in [0.25, 0.3) is 0 Å². The van der Waals surface area contributed by atoms with Gasteiger partial charge in [-0.25, -0.2) is 9.59 Å². The van der Waals surface area contributed by atoms with E-state index in [1.807, 2.05) is 0 Å². The highest BCUT2D eigenvalue weighted by Crippen LogP contribution is 2.14. The number of carboxylic acid groups (broad SMARTS) is 1. The highest BCUT2D eigenvalue weighted by Gasteiger charge is 2.06. The summed E-state index contributed by atoms with van der Waals surface area (Å²) < 4.78 is 4.39. The summed E-state index contributed by atoms with van der Waals surface area (Å²) in [4.78, 5) is 32.3. The van der Waals surface area contributed by atoms with E-state index in [4.69, 9.17) is 15.5 Å². The number of ether oxygens (including phenoxy) is 1. The van der Waals surface area contributed by atoms with E-state index < -0.39 is 11.9 Å². The van der Waals surface area contributed by atoms with Gasteiger partial charge in [-0.05, 0) is 44.5 Å². The molecule has 30 heavy (non-hydrogen) atoms. The number of carbonyl (C=O) groups excluding carboxylic acids is 2. The third-order valence-electron chi connectivity index (χ3n) is 3.07. The van der Waals surface area contributed by atoms with E-state index in [1.165, 1.54) is 38.3 Å². The van der Waals surface area contributed by atoms with Crippen LogP contribution < -0.4 is 5.32 Å². The number of anilines is 1. The van der Waals surface area contributed by atoms with Crippen LogP contribution in [0.5, 0.6) is 5.75 Å². The molecule has 1 rings (SSSR count). The zero-order valence-corrected chi connectivity index (χ0v) is 17.3. The monoisotopic (exact) mass is 414 g/mol. The molecule has 8 nitrogen and oxygen atoms in total. The van der Waals surface area contributed by atoms with Crippen molar-refractivity contribution in [1.82, 2.24) is 0 Å². The summed E-state index contributed by atoms with van der Waals surface area (Å²) in [7, 11) is 1.25. The zero-order valence-electron chi connectivity index (χ0n) is 17.3. The standard InChI is InChI=1S/C10H11NO2.C9H12O4.C3H3N/c1-7(2)10(13)11-8-3-5-9(12)6-4-8;1-6(8(10)11)4-5-7(2)9(12)13-3;1-2-3-4/h3-6,12H,1H2,2H3,(H,11,13);4H,2,5H2,1,3H3,(H,10,11);2H,1H2. The molecule has 0 aliphatic carbocycles. The number of carboxylic acids is 1. The second-order valence-electron chi connectivity index (χ2n) is 5.61. The molecule has 0 aromatic heterocycles. The molecule has 0 spiro atoms. The van der Waals surface area contributed by atoms with Crippen molar-refractivity contribution in [1.29, 1.82) is 5.26 Å². The molecule has 0 unspecified atom stereocenters. The Balaban J connectivity index is 0. The van der Waals surface area contributed by atoms with Gasteiger partial charge in [0.2, 0.25) is 0 Å². The van der Waals surface area contributed by atoms with Gasteiger partial charge in [-0.1, -0.05) is 25.8 Å². The fraction of sp³-hybridized carbons (Fsp3) is 0.182. The number of esters is 1. The molecule has 0 atom stereocenters. The quantitative estimate of drug-likeness (QED) is 0.279. The molecular weight excluding hydrogens is 388 g/mol. The number of rotatable bonds is 6. The Hall–Kier alpha value is -4.12. The minimum absolute atomic E-state index is 0.174. The Morgan fingerprint density at radius 2 is 1.70 bits per heavy atom. The second-order valence-corrected chi connectivity index (χ2v) is 5.61.